The number of para-hydroxylation sites is 1. The van der Waals surface area contributed by atoms with E-state index in [-0.39, 0.29) is 23.7 Å². The van der Waals surface area contributed by atoms with Gasteiger partial charge in [-0.3, -0.25) is 9.59 Å². The zero-order valence-corrected chi connectivity index (χ0v) is 24.9. The highest BCUT2D eigenvalue weighted by molar-refractivity contribution is 6.08. The maximum absolute atomic E-state index is 13.5. The number of piperidine rings is 1. The lowest BCUT2D eigenvalue weighted by molar-refractivity contribution is -0.118. The SMILES string of the molecule is Cc1ccc(-c2ccccc2C(=O)Nc2ccc(N3CCC(C(C(=O)Nc4ccccc4)c4ccccc4)CC3)cc2)cc1. The molecule has 1 fully saturated rings. The molecule has 1 aliphatic heterocycles. The molecule has 0 saturated carbocycles. The first-order valence-electron chi connectivity index (χ1n) is 15.3. The summed E-state index contributed by atoms with van der Waals surface area (Å²) in [5, 5.41) is 6.22. The Morgan fingerprint density at radius 2 is 1.25 bits per heavy atom. The number of nitrogens with one attached hydrogen (secondary N) is 2. The summed E-state index contributed by atoms with van der Waals surface area (Å²) < 4.78 is 0. The first-order chi connectivity index (χ1) is 21.5. The molecule has 6 rings (SSSR count). The molecule has 2 amide bonds. The fraction of sp³-hybridized carbons (Fsp3) is 0.179. The topological polar surface area (TPSA) is 61.4 Å². The van der Waals surface area contributed by atoms with Gasteiger partial charge in [-0.1, -0.05) is 96.6 Å². The number of aryl methyl sites for hydroxylation is 1. The predicted octanol–water partition coefficient (Wildman–Crippen LogP) is 8.55. The number of rotatable bonds is 8. The van der Waals surface area contributed by atoms with Crippen LogP contribution in [0.3, 0.4) is 0 Å². The van der Waals surface area contributed by atoms with E-state index in [2.05, 4.69) is 71.0 Å². The van der Waals surface area contributed by atoms with Gasteiger partial charge in [0, 0.05) is 35.7 Å². The standard InChI is InChI=1S/C39H37N3O2/c1-28-16-18-29(19-17-28)35-14-8-9-15-36(35)38(43)40-33-20-22-34(23-21-33)42-26-24-31(25-27-42)37(30-10-4-2-5-11-30)39(44)41-32-12-6-3-7-13-32/h2-23,31,37H,24-27H2,1H3,(H,40,43)(H,41,44). The summed E-state index contributed by atoms with van der Waals surface area (Å²) in [7, 11) is 0. The van der Waals surface area contributed by atoms with Crippen LogP contribution in [0.5, 0.6) is 0 Å². The van der Waals surface area contributed by atoms with Crippen LogP contribution in [0.15, 0.2) is 133 Å². The Kier molecular flexibility index (Phi) is 8.83. The van der Waals surface area contributed by atoms with Gasteiger partial charge in [0.05, 0.1) is 5.92 Å². The third-order valence-electron chi connectivity index (χ3n) is 8.52. The molecule has 5 heteroatoms. The number of carbonyl (C=O) groups is 2. The molecule has 1 saturated heterocycles. The smallest absolute Gasteiger partial charge is 0.256 e. The monoisotopic (exact) mass is 579 g/mol. The lowest BCUT2D eigenvalue weighted by Gasteiger charge is -2.37. The van der Waals surface area contributed by atoms with Crippen LogP contribution >= 0.6 is 0 Å². The molecule has 1 unspecified atom stereocenters. The van der Waals surface area contributed by atoms with Crippen molar-refractivity contribution < 1.29 is 9.59 Å². The van der Waals surface area contributed by atoms with Gasteiger partial charge in [0.2, 0.25) is 5.91 Å². The van der Waals surface area contributed by atoms with E-state index in [1.54, 1.807) is 0 Å². The molecule has 0 aromatic heterocycles. The molecule has 220 valence electrons. The van der Waals surface area contributed by atoms with Crippen molar-refractivity contribution in [3.8, 4) is 11.1 Å². The van der Waals surface area contributed by atoms with Gasteiger partial charge in [0.15, 0.2) is 0 Å². The van der Waals surface area contributed by atoms with Crippen LogP contribution in [-0.4, -0.2) is 24.9 Å². The van der Waals surface area contributed by atoms with E-state index in [0.29, 0.717) is 5.56 Å². The average Bonchev–Trinajstić information content (AvgIpc) is 3.07. The Hall–Kier alpha value is -5.16. The van der Waals surface area contributed by atoms with Crippen molar-refractivity contribution in [2.75, 3.05) is 28.6 Å². The summed E-state index contributed by atoms with van der Waals surface area (Å²) in [5.74, 6) is -0.0520. The summed E-state index contributed by atoms with van der Waals surface area (Å²) in [4.78, 5) is 29.2. The van der Waals surface area contributed by atoms with Crippen molar-refractivity contribution in [2.24, 2.45) is 5.92 Å². The van der Waals surface area contributed by atoms with Crippen LogP contribution in [-0.2, 0) is 4.79 Å². The lowest BCUT2D eigenvalue weighted by Crippen LogP contribution is -2.38. The Morgan fingerprint density at radius 3 is 1.93 bits per heavy atom. The third kappa shape index (κ3) is 6.73. The molecule has 0 spiro atoms. The Bertz CT molecular complexity index is 1690. The van der Waals surface area contributed by atoms with Crippen LogP contribution in [0, 0.1) is 12.8 Å². The lowest BCUT2D eigenvalue weighted by atomic mass is 9.79. The van der Waals surface area contributed by atoms with Crippen LogP contribution in [0.4, 0.5) is 17.1 Å². The number of carbonyl (C=O) groups excluding carboxylic acids is 2. The van der Waals surface area contributed by atoms with Gasteiger partial charge in [0.25, 0.3) is 5.91 Å². The van der Waals surface area contributed by atoms with E-state index < -0.39 is 0 Å². The highest BCUT2D eigenvalue weighted by Gasteiger charge is 2.33. The summed E-state index contributed by atoms with van der Waals surface area (Å²) in [5.41, 5.74) is 7.52. The molecule has 0 radical (unpaired) electrons. The van der Waals surface area contributed by atoms with E-state index in [9.17, 15) is 9.59 Å². The fourth-order valence-electron chi connectivity index (χ4n) is 6.15. The molecular weight excluding hydrogens is 542 g/mol. The molecule has 1 atom stereocenters. The highest BCUT2D eigenvalue weighted by atomic mass is 16.2. The maximum Gasteiger partial charge on any atom is 0.256 e. The minimum absolute atomic E-state index is 0.0462. The molecule has 5 nitrogen and oxygen atoms in total. The molecule has 2 N–H and O–H groups in total. The van der Waals surface area contributed by atoms with Gasteiger partial charge in [-0.05, 0) is 84.8 Å². The van der Waals surface area contributed by atoms with Crippen LogP contribution in [0.2, 0.25) is 0 Å². The highest BCUT2D eigenvalue weighted by Crippen LogP contribution is 2.35. The molecule has 0 aliphatic carbocycles. The number of hydrogen-bond donors (Lipinski definition) is 2. The van der Waals surface area contributed by atoms with Gasteiger partial charge < -0.3 is 15.5 Å². The van der Waals surface area contributed by atoms with Crippen molar-refractivity contribution in [3.05, 3.63) is 150 Å². The van der Waals surface area contributed by atoms with Crippen molar-refractivity contribution in [3.63, 3.8) is 0 Å². The molecule has 1 aliphatic rings. The summed E-state index contributed by atoms with van der Waals surface area (Å²) in [6, 6.07) is 43.8. The van der Waals surface area contributed by atoms with E-state index in [1.807, 2.05) is 84.9 Å². The zero-order valence-electron chi connectivity index (χ0n) is 24.9. The van der Waals surface area contributed by atoms with Crippen molar-refractivity contribution in [2.45, 2.75) is 25.7 Å². The van der Waals surface area contributed by atoms with Crippen molar-refractivity contribution in [1.82, 2.24) is 0 Å². The van der Waals surface area contributed by atoms with E-state index >= 15 is 0 Å². The number of anilines is 3. The Morgan fingerprint density at radius 1 is 0.659 bits per heavy atom. The van der Waals surface area contributed by atoms with Crippen molar-refractivity contribution >= 4 is 28.9 Å². The maximum atomic E-state index is 13.5. The number of hydrogen-bond acceptors (Lipinski definition) is 3. The van der Waals surface area contributed by atoms with Gasteiger partial charge >= 0.3 is 0 Å². The minimum atomic E-state index is -0.209. The van der Waals surface area contributed by atoms with Crippen LogP contribution < -0.4 is 15.5 Å². The van der Waals surface area contributed by atoms with Gasteiger partial charge in [-0.2, -0.15) is 0 Å². The molecule has 0 bridgehead atoms. The van der Waals surface area contributed by atoms with E-state index in [1.165, 1.54) is 5.56 Å². The minimum Gasteiger partial charge on any atom is -0.372 e. The van der Waals surface area contributed by atoms with Crippen LogP contribution in [0.1, 0.15) is 40.2 Å². The second-order valence-corrected chi connectivity index (χ2v) is 11.5. The van der Waals surface area contributed by atoms with E-state index in [4.69, 9.17) is 0 Å². The predicted molar refractivity (Wildman–Crippen MR) is 180 cm³/mol. The summed E-state index contributed by atoms with van der Waals surface area (Å²) in [6.45, 7) is 3.78. The number of nitrogens with zero attached hydrogens (tertiary/aromatic N) is 1. The molecule has 5 aromatic carbocycles. The number of amides is 2. The van der Waals surface area contributed by atoms with Crippen LogP contribution in [0.25, 0.3) is 11.1 Å². The Labute approximate surface area is 259 Å². The first kappa shape index (κ1) is 28.9. The van der Waals surface area contributed by atoms with E-state index in [0.717, 1.165) is 59.7 Å². The second kappa shape index (κ2) is 13.4. The fourth-order valence-corrected chi connectivity index (χ4v) is 6.15. The third-order valence-corrected chi connectivity index (χ3v) is 8.52. The van der Waals surface area contributed by atoms with Crippen molar-refractivity contribution in [1.29, 1.82) is 0 Å². The van der Waals surface area contributed by atoms with Gasteiger partial charge in [-0.15, -0.1) is 0 Å². The molecule has 44 heavy (non-hydrogen) atoms. The van der Waals surface area contributed by atoms with Gasteiger partial charge in [0.1, 0.15) is 0 Å². The van der Waals surface area contributed by atoms with Gasteiger partial charge in [-0.25, -0.2) is 0 Å². The molecular formula is C39H37N3O2. The summed E-state index contributed by atoms with van der Waals surface area (Å²) >= 11 is 0. The number of benzene rings is 5. The summed E-state index contributed by atoms with van der Waals surface area (Å²) in [6.07, 6.45) is 1.83. The normalized spacial score (nSPS) is 14.1. The average molecular weight is 580 g/mol. The quantitative estimate of drug-likeness (QED) is 0.194. The zero-order chi connectivity index (χ0) is 30.3. The Balaban J connectivity index is 1.10. The first-order valence-corrected chi connectivity index (χ1v) is 15.3. The largest absolute Gasteiger partial charge is 0.372 e. The second-order valence-electron chi connectivity index (χ2n) is 11.5. The molecule has 5 aromatic rings. The molecule has 1 heterocycles.